The van der Waals surface area contributed by atoms with E-state index in [1.165, 1.54) is 0 Å². The highest BCUT2D eigenvalue weighted by atomic mass is 79.9. The molecule has 88 valence electrons. The Kier molecular flexibility index (Phi) is 5.49. The first kappa shape index (κ1) is 13.5. The second-order valence-electron chi connectivity index (χ2n) is 3.47. The lowest BCUT2D eigenvalue weighted by Gasteiger charge is -1.88. The lowest BCUT2D eigenvalue weighted by Crippen LogP contribution is -1.82. The number of aromatic nitrogens is 2. The molecular weight excluding hydrogens is 280 g/mol. The molecule has 0 fully saturated rings. The summed E-state index contributed by atoms with van der Waals surface area (Å²) in [5, 5.41) is 0. The van der Waals surface area contributed by atoms with Crippen molar-refractivity contribution in [1.29, 1.82) is 0 Å². The van der Waals surface area contributed by atoms with Crippen LogP contribution in [0, 0.1) is 13.8 Å². The number of aldehydes is 1. The molecule has 0 saturated carbocycles. The summed E-state index contributed by atoms with van der Waals surface area (Å²) in [7, 11) is 0. The molecule has 0 bridgehead atoms. The lowest BCUT2D eigenvalue weighted by molar-refractivity contribution is 0.112. The number of rotatable bonds is 1. The van der Waals surface area contributed by atoms with Gasteiger partial charge in [0.25, 0.3) is 0 Å². The normalized spacial score (nSPS) is 9.12. The molecule has 0 aliphatic rings. The summed E-state index contributed by atoms with van der Waals surface area (Å²) in [4.78, 5) is 18.0. The minimum Gasteiger partial charge on any atom is -0.298 e. The van der Waals surface area contributed by atoms with Crippen LogP contribution in [-0.2, 0) is 0 Å². The van der Waals surface area contributed by atoms with E-state index in [1.807, 2.05) is 32.0 Å². The van der Waals surface area contributed by atoms with E-state index in [4.69, 9.17) is 0 Å². The summed E-state index contributed by atoms with van der Waals surface area (Å²) >= 11 is 3.28. The Hall–Kier alpha value is -1.55. The van der Waals surface area contributed by atoms with Crippen LogP contribution in [0.4, 0.5) is 0 Å². The average molecular weight is 293 g/mol. The molecule has 2 heterocycles. The third-order valence-electron chi connectivity index (χ3n) is 1.95. The number of nitrogens with zero attached hydrogens (tertiary/aromatic N) is 2. The molecule has 2 rings (SSSR count). The van der Waals surface area contributed by atoms with Gasteiger partial charge in [-0.3, -0.25) is 14.8 Å². The van der Waals surface area contributed by atoms with Crippen molar-refractivity contribution in [3.8, 4) is 0 Å². The monoisotopic (exact) mass is 292 g/mol. The van der Waals surface area contributed by atoms with Gasteiger partial charge in [-0.05, 0) is 54.0 Å². The number of pyridine rings is 2. The molecule has 0 amide bonds. The number of aryl methyl sites for hydroxylation is 2. The Balaban J connectivity index is 0.000000171. The van der Waals surface area contributed by atoms with E-state index in [1.54, 1.807) is 18.5 Å². The van der Waals surface area contributed by atoms with Gasteiger partial charge < -0.3 is 0 Å². The van der Waals surface area contributed by atoms with Crippen molar-refractivity contribution in [3.63, 3.8) is 0 Å². The van der Waals surface area contributed by atoms with E-state index >= 15 is 0 Å². The topological polar surface area (TPSA) is 42.9 Å². The third-order valence-corrected chi connectivity index (χ3v) is 2.41. The van der Waals surface area contributed by atoms with E-state index in [0.29, 0.717) is 5.56 Å². The molecule has 0 N–H and O–H groups in total. The number of hydrogen-bond donors (Lipinski definition) is 0. The van der Waals surface area contributed by atoms with E-state index in [0.717, 1.165) is 22.1 Å². The average Bonchev–Trinajstić information content (AvgIpc) is 2.35. The predicted molar refractivity (Wildman–Crippen MR) is 71.0 cm³/mol. The summed E-state index contributed by atoms with van der Waals surface area (Å²) in [5.74, 6) is 0. The standard InChI is InChI=1S/C7H7NO.C6H6BrN/c1-6-2-3-7(5-9)4-8-6;1-5-2-3-6(7)4-8-5/h2-5H,1H3;2-4H,1H3. The Morgan fingerprint density at radius 1 is 1.00 bits per heavy atom. The molecule has 3 nitrogen and oxygen atoms in total. The fourth-order valence-electron chi connectivity index (χ4n) is 0.999. The molecule has 17 heavy (non-hydrogen) atoms. The second-order valence-corrected chi connectivity index (χ2v) is 4.38. The number of hydrogen-bond acceptors (Lipinski definition) is 3. The van der Waals surface area contributed by atoms with Gasteiger partial charge in [-0.15, -0.1) is 0 Å². The number of carbonyl (C=O) groups excluding carboxylic acids is 1. The van der Waals surface area contributed by atoms with Gasteiger partial charge >= 0.3 is 0 Å². The molecule has 0 unspecified atom stereocenters. The maximum atomic E-state index is 10.1. The second kappa shape index (κ2) is 6.91. The van der Waals surface area contributed by atoms with Gasteiger partial charge in [0.15, 0.2) is 6.29 Å². The van der Waals surface area contributed by atoms with Crippen LogP contribution < -0.4 is 0 Å². The minimum atomic E-state index is 0.626. The molecule has 0 saturated heterocycles. The van der Waals surface area contributed by atoms with E-state index in [9.17, 15) is 4.79 Å². The van der Waals surface area contributed by atoms with Gasteiger partial charge in [0.05, 0.1) is 0 Å². The first-order chi connectivity index (χ1) is 8.11. The van der Waals surface area contributed by atoms with E-state index in [2.05, 4.69) is 25.9 Å². The smallest absolute Gasteiger partial charge is 0.151 e. The summed E-state index contributed by atoms with van der Waals surface area (Å²) in [6.45, 7) is 3.85. The van der Waals surface area contributed by atoms with Crippen molar-refractivity contribution in [1.82, 2.24) is 9.97 Å². The SMILES string of the molecule is Cc1ccc(Br)cn1.Cc1ccc(C=O)cn1. The highest BCUT2D eigenvalue weighted by Crippen LogP contribution is 2.05. The zero-order valence-corrected chi connectivity index (χ0v) is 11.3. The maximum absolute atomic E-state index is 10.1. The highest BCUT2D eigenvalue weighted by molar-refractivity contribution is 9.10. The predicted octanol–water partition coefficient (Wildman–Crippen LogP) is 3.36. The first-order valence-corrected chi connectivity index (χ1v) is 5.87. The van der Waals surface area contributed by atoms with Gasteiger partial charge in [-0.1, -0.05) is 0 Å². The van der Waals surface area contributed by atoms with Gasteiger partial charge in [0.2, 0.25) is 0 Å². The van der Waals surface area contributed by atoms with Gasteiger partial charge in [0.1, 0.15) is 0 Å². The highest BCUT2D eigenvalue weighted by Gasteiger charge is 1.86. The van der Waals surface area contributed by atoms with Crippen molar-refractivity contribution in [2.45, 2.75) is 13.8 Å². The van der Waals surface area contributed by atoms with Crippen LogP contribution in [0.2, 0.25) is 0 Å². The molecule has 4 heteroatoms. The molecule has 0 atom stereocenters. The van der Waals surface area contributed by atoms with Crippen LogP contribution in [0.3, 0.4) is 0 Å². The van der Waals surface area contributed by atoms with Gasteiger partial charge in [-0.25, -0.2) is 0 Å². The molecule has 0 spiro atoms. The fraction of sp³-hybridized carbons (Fsp3) is 0.154. The molecule has 0 aromatic carbocycles. The molecular formula is C13H13BrN2O. The maximum Gasteiger partial charge on any atom is 0.151 e. The van der Waals surface area contributed by atoms with Crippen molar-refractivity contribution < 1.29 is 4.79 Å². The molecule has 0 aliphatic carbocycles. The Morgan fingerprint density at radius 3 is 1.94 bits per heavy atom. The fourth-order valence-corrected chi connectivity index (χ4v) is 1.23. The van der Waals surface area contributed by atoms with Crippen molar-refractivity contribution in [3.05, 3.63) is 58.1 Å². The van der Waals surface area contributed by atoms with Crippen molar-refractivity contribution in [2.75, 3.05) is 0 Å². The Morgan fingerprint density at radius 2 is 1.59 bits per heavy atom. The summed E-state index contributed by atoms with van der Waals surface area (Å²) in [6, 6.07) is 7.49. The molecule has 0 aliphatic heterocycles. The van der Waals surface area contributed by atoms with Gasteiger partial charge in [0, 0.05) is 33.8 Å². The quantitative estimate of drug-likeness (QED) is 0.757. The Bertz CT molecular complexity index is 445. The largest absolute Gasteiger partial charge is 0.298 e. The van der Waals surface area contributed by atoms with Crippen LogP contribution in [0.1, 0.15) is 21.7 Å². The van der Waals surface area contributed by atoms with Crippen LogP contribution in [0.5, 0.6) is 0 Å². The molecule has 2 aromatic rings. The Labute approximate surface area is 109 Å². The van der Waals surface area contributed by atoms with Crippen LogP contribution in [0.15, 0.2) is 41.1 Å². The molecule has 2 aromatic heterocycles. The molecule has 0 radical (unpaired) electrons. The first-order valence-electron chi connectivity index (χ1n) is 5.08. The summed E-state index contributed by atoms with van der Waals surface area (Å²) in [5.41, 5.74) is 2.61. The minimum absolute atomic E-state index is 0.626. The number of carbonyl (C=O) groups is 1. The van der Waals surface area contributed by atoms with Crippen LogP contribution in [-0.4, -0.2) is 16.3 Å². The summed E-state index contributed by atoms with van der Waals surface area (Å²) in [6.07, 6.45) is 4.13. The van der Waals surface area contributed by atoms with Crippen LogP contribution >= 0.6 is 15.9 Å². The van der Waals surface area contributed by atoms with Gasteiger partial charge in [-0.2, -0.15) is 0 Å². The van der Waals surface area contributed by atoms with E-state index < -0.39 is 0 Å². The van der Waals surface area contributed by atoms with E-state index in [-0.39, 0.29) is 0 Å². The summed E-state index contributed by atoms with van der Waals surface area (Å²) < 4.78 is 1.03. The van der Waals surface area contributed by atoms with Crippen molar-refractivity contribution in [2.24, 2.45) is 0 Å². The lowest BCUT2D eigenvalue weighted by atomic mass is 10.3. The third kappa shape index (κ3) is 5.36. The zero-order chi connectivity index (χ0) is 12.7. The number of halogens is 1. The van der Waals surface area contributed by atoms with Crippen molar-refractivity contribution >= 4 is 22.2 Å². The zero-order valence-electron chi connectivity index (χ0n) is 9.72. The van der Waals surface area contributed by atoms with Crippen LogP contribution in [0.25, 0.3) is 0 Å².